The average Bonchev–Trinajstić information content (AvgIpc) is 2.90. The standard InChI is InChI=1S/C12H5Cl2N5S/c13-7-1-2-8-12(19-20-18-8)11(7)17-10-4-6(5-15)3-9(14)16-10/h1-4H,(H,16,17). The highest BCUT2D eigenvalue weighted by molar-refractivity contribution is 7.00. The number of benzene rings is 1. The van der Waals surface area contributed by atoms with E-state index in [9.17, 15) is 0 Å². The summed E-state index contributed by atoms with van der Waals surface area (Å²) in [6.45, 7) is 0. The topological polar surface area (TPSA) is 74.5 Å². The number of hydrogen-bond donors (Lipinski definition) is 1. The van der Waals surface area contributed by atoms with E-state index in [1.165, 1.54) is 6.07 Å². The summed E-state index contributed by atoms with van der Waals surface area (Å²) in [6.07, 6.45) is 0. The van der Waals surface area contributed by atoms with Gasteiger partial charge in [-0.05, 0) is 24.3 Å². The second-order valence-electron chi connectivity index (χ2n) is 3.85. The van der Waals surface area contributed by atoms with Gasteiger partial charge in [0.25, 0.3) is 0 Å². The van der Waals surface area contributed by atoms with E-state index < -0.39 is 0 Å². The van der Waals surface area contributed by atoms with E-state index in [0.29, 0.717) is 27.6 Å². The Balaban J connectivity index is 2.10. The molecule has 20 heavy (non-hydrogen) atoms. The van der Waals surface area contributed by atoms with Crippen LogP contribution in [0.3, 0.4) is 0 Å². The van der Waals surface area contributed by atoms with Crippen molar-refractivity contribution in [2.75, 3.05) is 5.32 Å². The van der Waals surface area contributed by atoms with Crippen molar-refractivity contribution in [3.05, 3.63) is 40.0 Å². The molecule has 0 unspecified atom stereocenters. The van der Waals surface area contributed by atoms with Crippen molar-refractivity contribution in [1.29, 1.82) is 5.26 Å². The number of hydrogen-bond acceptors (Lipinski definition) is 6. The smallest absolute Gasteiger partial charge is 0.133 e. The molecule has 0 aliphatic carbocycles. The van der Waals surface area contributed by atoms with Gasteiger partial charge in [0.15, 0.2) is 0 Å². The normalized spacial score (nSPS) is 10.4. The molecule has 1 N–H and O–H groups in total. The van der Waals surface area contributed by atoms with Crippen LogP contribution in [-0.2, 0) is 0 Å². The summed E-state index contributed by atoms with van der Waals surface area (Å²) in [5.41, 5.74) is 2.40. The molecule has 0 saturated heterocycles. The number of rotatable bonds is 2. The van der Waals surface area contributed by atoms with Crippen LogP contribution in [0.15, 0.2) is 24.3 Å². The highest BCUT2D eigenvalue weighted by atomic mass is 35.5. The minimum Gasteiger partial charge on any atom is -0.337 e. The third-order valence-corrected chi connectivity index (χ3v) is 3.60. The summed E-state index contributed by atoms with van der Waals surface area (Å²) in [5.74, 6) is 0.427. The number of aromatic nitrogens is 3. The summed E-state index contributed by atoms with van der Waals surface area (Å²) < 4.78 is 8.34. The molecular formula is C12H5Cl2N5S. The summed E-state index contributed by atoms with van der Waals surface area (Å²) in [7, 11) is 0. The predicted molar refractivity (Wildman–Crippen MR) is 79.7 cm³/mol. The number of nitrogens with zero attached hydrogens (tertiary/aromatic N) is 4. The SMILES string of the molecule is N#Cc1cc(Cl)nc(Nc2c(Cl)ccc3nsnc23)c1. The monoisotopic (exact) mass is 321 g/mol. The number of halogens is 2. The molecule has 0 saturated carbocycles. The molecule has 0 aliphatic heterocycles. The van der Waals surface area contributed by atoms with Crippen molar-refractivity contribution >= 4 is 57.5 Å². The molecule has 0 fully saturated rings. The van der Waals surface area contributed by atoms with Gasteiger partial charge < -0.3 is 5.32 Å². The summed E-state index contributed by atoms with van der Waals surface area (Å²) in [6, 6.07) is 8.60. The summed E-state index contributed by atoms with van der Waals surface area (Å²) >= 11 is 13.1. The molecule has 0 atom stereocenters. The van der Waals surface area contributed by atoms with E-state index in [2.05, 4.69) is 19.0 Å². The quantitative estimate of drug-likeness (QED) is 0.722. The highest BCUT2D eigenvalue weighted by Gasteiger charge is 2.11. The molecule has 2 aromatic heterocycles. The van der Waals surface area contributed by atoms with Crippen LogP contribution in [0.4, 0.5) is 11.5 Å². The van der Waals surface area contributed by atoms with E-state index in [0.717, 1.165) is 17.2 Å². The highest BCUT2D eigenvalue weighted by Crippen LogP contribution is 2.32. The van der Waals surface area contributed by atoms with Gasteiger partial charge in [0.2, 0.25) is 0 Å². The number of nitriles is 1. The lowest BCUT2D eigenvalue weighted by Crippen LogP contribution is -1.96. The Morgan fingerprint density at radius 1 is 1.20 bits per heavy atom. The van der Waals surface area contributed by atoms with Crippen molar-refractivity contribution in [2.24, 2.45) is 0 Å². The summed E-state index contributed by atoms with van der Waals surface area (Å²) in [5, 5.41) is 12.7. The van der Waals surface area contributed by atoms with Crippen molar-refractivity contribution < 1.29 is 0 Å². The molecular weight excluding hydrogens is 317 g/mol. The molecule has 0 aliphatic rings. The van der Waals surface area contributed by atoms with Gasteiger partial charge in [-0.25, -0.2) is 4.98 Å². The fraction of sp³-hybridized carbons (Fsp3) is 0. The maximum Gasteiger partial charge on any atom is 0.133 e. The maximum absolute atomic E-state index is 8.93. The van der Waals surface area contributed by atoms with E-state index >= 15 is 0 Å². The molecule has 98 valence electrons. The Kier molecular flexibility index (Phi) is 3.40. The third-order valence-electron chi connectivity index (χ3n) is 2.55. The predicted octanol–water partition coefficient (Wildman–Crippen LogP) is 4.01. The van der Waals surface area contributed by atoms with Crippen LogP contribution >= 0.6 is 34.9 Å². The van der Waals surface area contributed by atoms with Gasteiger partial charge in [0.05, 0.1) is 34.1 Å². The zero-order chi connectivity index (χ0) is 14.1. The molecule has 3 aromatic rings. The average molecular weight is 322 g/mol. The number of nitrogens with one attached hydrogen (secondary N) is 1. The molecule has 0 spiro atoms. The van der Waals surface area contributed by atoms with Gasteiger partial charge in [-0.15, -0.1) is 0 Å². The Morgan fingerprint density at radius 3 is 2.85 bits per heavy atom. The Hall–Kier alpha value is -1.94. The molecule has 0 bridgehead atoms. The van der Waals surface area contributed by atoms with E-state index in [-0.39, 0.29) is 5.15 Å². The van der Waals surface area contributed by atoms with Gasteiger partial charge in [-0.2, -0.15) is 14.0 Å². The Labute approximate surface area is 128 Å². The van der Waals surface area contributed by atoms with Crippen molar-refractivity contribution in [1.82, 2.24) is 13.7 Å². The zero-order valence-corrected chi connectivity index (χ0v) is 12.1. The Morgan fingerprint density at radius 2 is 2.05 bits per heavy atom. The molecule has 1 aromatic carbocycles. The largest absolute Gasteiger partial charge is 0.337 e. The number of anilines is 2. The first-order chi connectivity index (χ1) is 9.67. The number of pyridine rings is 1. The fourth-order valence-corrected chi connectivity index (χ4v) is 2.65. The first kappa shape index (κ1) is 13.1. The van der Waals surface area contributed by atoms with Crippen LogP contribution in [0.25, 0.3) is 11.0 Å². The van der Waals surface area contributed by atoms with Gasteiger partial charge in [0.1, 0.15) is 22.0 Å². The van der Waals surface area contributed by atoms with Crippen molar-refractivity contribution in [2.45, 2.75) is 0 Å². The minimum atomic E-state index is 0.228. The lowest BCUT2D eigenvalue weighted by Gasteiger charge is -2.08. The molecule has 0 amide bonds. The van der Waals surface area contributed by atoms with Gasteiger partial charge in [-0.1, -0.05) is 23.2 Å². The van der Waals surface area contributed by atoms with Crippen LogP contribution in [0.2, 0.25) is 10.2 Å². The van der Waals surface area contributed by atoms with Crippen LogP contribution in [0.5, 0.6) is 0 Å². The fourth-order valence-electron chi connectivity index (χ4n) is 1.70. The maximum atomic E-state index is 8.93. The second-order valence-corrected chi connectivity index (χ2v) is 5.18. The van der Waals surface area contributed by atoms with Gasteiger partial charge in [0, 0.05) is 0 Å². The molecule has 5 nitrogen and oxygen atoms in total. The zero-order valence-electron chi connectivity index (χ0n) is 9.76. The van der Waals surface area contributed by atoms with E-state index in [1.54, 1.807) is 18.2 Å². The van der Waals surface area contributed by atoms with E-state index in [1.807, 2.05) is 6.07 Å². The molecule has 3 rings (SSSR count). The molecule has 2 heterocycles. The second kappa shape index (κ2) is 5.21. The van der Waals surface area contributed by atoms with Gasteiger partial charge >= 0.3 is 0 Å². The van der Waals surface area contributed by atoms with Crippen LogP contribution < -0.4 is 5.32 Å². The number of fused-ring (bicyclic) bond motifs is 1. The first-order valence-corrected chi connectivity index (χ1v) is 6.91. The minimum absolute atomic E-state index is 0.228. The van der Waals surface area contributed by atoms with Crippen LogP contribution in [-0.4, -0.2) is 13.7 Å². The Bertz CT molecular complexity index is 839. The summed E-state index contributed by atoms with van der Waals surface area (Å²) in [4.78, 5) is 4.11. The van der Waals surface area contributed by atoms with Crippen molar-refractivity contribution in [3.8, 4) is 6.07 Å². The lowest BCUT2D eigenvalue weighted by molar-refractivity contribution is 1.29. The van der Waals surface area contributed by atoms with Crippen molar-refractivity contribution in [3.63, 3.8) is 0 Å². The van der Waals surface area contributed by atoms with E-state index in [4.69, 9.17) is 28.5 Å². The van der Waals surface area contributed by atoms with Gasteiger partial charge in [-0.3, -0.25) is 0 Å². The van der Waals surface area contributed by atoms with Crippen LogP contribution in [0, 0.1) is 11.3 Å². The third kappa shape index (κ3) is 2.39. The molecule has 0 radical (unpaired) electrons. The van der Waals surface area contributed by atoms with Crippen LogP contribution in [0.1, 0.15) is 5.56 Å². The lowest BCUT2D eigenvalue weighted by atomic mass is 10.2. The molecule has 8 heteroatoms. The first-order valence-electron chi connectivity index (χ1n) is 5.43.